The Kier molecular flexibility index (Phi) is 5.55. The summed E-state index contributed by atoms with van der Waals surface area (Å²) in [5, 5.41) is 12.7. The number of carbonyl (C=O) groups is 1. The molecule has 6 nitrogen and oxygen atoms in total. The average molecular weight is 372 g/mol. The summed E-state index contributed by atoms with van der Waals surface area (Å²) in [6.07, 6.45) is 6.04. The van der Waals surface area contributed by atoms with Crippen LogP contribution in [0, 0.1) is 0 Å². The highest BCUT2D eigenvalue weighted by Gasteiger charge is 2.24. The van der Waals surface area contributed by atoms with Crippen LogP contribution >= 0.6 is 11.8 Å². The van der Waals surface area contributed by atoms with E-state index in [9.17, 15) is 4.79 Å². The SMILES string of the molecule is O=C(CSc1nnc(CN2CCCCC2)n1-c1ccccc1)NC1CC1. The molecule has 2 heterocycles. The third-order valence-corrected chi connectivity index (χ3v) is 5.73. The van der Waals surface area contributed by atoms with Crippen LogP contribution in [-0.2, 0) is 11.3 Å². The highest BCUT2D eigenvalue weighted by Crippen LogP contribution is 2.24. The van der Waals surface area contributed by atoms with Crippen molar-refractivity contribution in [1.29, 1.82) is 0 Å². The molecule has 2 aliphatic rings. The lowest BCUT2D eigenvalue weighted by Crippen LogP contribution is -2.30. The van der Waals surface area contributed by atoms with Gasteiger partial charge in [-0.3, -0.25) is 14.3 Å². The van der Waals surface area contributed by atoms with Crippen molar-refractivity contribution in [3.63, 3.8) is 0 Å². The Morgan fingerprint density at radius 1 is 1.12 bits per heavy atom. The van der Waals surface area contributed by atoms with E-state index in [4.69, 9.17) is 0 Å². The molecular weight excluding hydrogens is 346 g/mol. The summed E-state index contributed by atoms with van der Waals surface area (Å²) in [7, 11) is 0. The predicted octanol–water partition coefficient (Wildman–Crippen LogP) is 2.62. The number of nitrogens with zero attached hydrogens (tertiary/aromatic N) is 4. The minimum absolute atomic E-state index is 0.0812. The number of piperidine rings is 1. The smallest absolute Gasteiger partial charge is 0.230 e. The summed E-state index contributed by atoms with van der Waals surface area (Å²) in [4.78, 5) is 14.5. The zero-order chi connectivity index (χ0) is 17.8. The second kappa shape index (κ2) is 8.22. The molecule has 1 saturated heterocycles. The molecule has 0 atom stereocenters. The van der Waals surface area contributed by atoms with Crippen molar-refractivity contribution in [2.45, 2.75) is 49.8 Å². The van der Waals surface area contributed by atoms with E-state index < -0.39 is 0 Å². The second-order valence-corrected chi connectivity index (χ2v) is 7.98. The van der Waals surface area contributed by atoms with Crippen molar-refractivity contribution in [3.05, 3.63) is 36.2 Å². The van der Waals surface area contributed by atoms with E-state index in [2.05, 4.69) is 37.1 Å². The average Bonchev–Trinajstić information content (AvgIpc) is 3.40. The molecule has 0 unspecified atom stereocenters. The van der Waals surface area contributed by atoms with Crippen molar-refractivity contribution >= 4 is 17.7 Å². The molecule has 2 fully saturated rings. The van der Waals surface area contributed by atoms with Gasteiger partial charge in [0.15, 0.2) is 11.0 Å². The summed E-state index contributed by atoms with van der Waals surface area (Å²) in [6.45, 7) is 3.04. The molecule has 0 bridgehead atoms. The zero-order valence-electron chi connectivity index (χ0n) is 14.9. The lowest BCUT2D eigenvalue weighted by atomic mass is 10.1. The van der Waals surface area contributed by atoms with E-state index >= 15 is 0 Å². The largest absolute Gasteiger partial charge is 0.353 e. The number of hydrogen-bond donors (Lipinski definition) is 1. The standard InChI is InChI=1S/C19H25N5OS/c25-18(20-15-9-10-15)14-26-19-22-21-17(13-23-11-5-2-6-12-23)24(19)16-7-3-1-4-8-16/h1,3-4,7-8,15H,2,5-6,9-14H2,(H,20,25). The van der Waals surface area contributed by atoms with E-state index in [0.29, 0.717) is 11.8 Å². The first-order valence-electron chi connectivity index (χ1n) is 9.44. The Balaban J connectivity index is 1.51. The Morgan fingerprint density at radius 3 is 2.62 bits per heavy atom. The monoisotopic (exact) mass is 371 g/mol. The molecule has 1 aromatic carbocycles. The Morgan fingerprint density at radius 2 is 1.88 bits per heavy atom. The Hall–Kier alpha value is -1.86. The van der Waals surface area contributed by atoms with Crippen LogP contribution in [0.4, 0.5) is 0 Å². The number of carbonyl (C=O) groups excluding carboxylic acids is 1. The Labute approximate surface area is 158 Å². The molecular formula is C19H25N5OS. The number of thioether (sulfide) groups is 1. The molecule has 138 valence electrons. The van der Waals surface area contributed by atoms with Gasteiger partial charge in [0, 0.05) is 11.7 Å². The normalized spacial score (nSPS) is 18.0. The van der Waals surface area contributed by atoms with E-state index in [1.54, 1.807) is 0 Å². The van der Waals surface area contributed by atoms with Crippen molar-refractivity contribution in [1.82, 2.24) is 25.0 Å². The number of para-hydroxylation sites is 1. The van der Waals surface area contributed by atoms with Gasteiger partial charge in [-0.2, -0.15) is 0 Å². The molecule has 1 aromatic heterocycles. The van der Waals surface area contributed by atoms with Gasteiger partial charge in [0.25, 0.3) is 0 Å². The molecule has 1 aliphatic carbocycles. The van der Waals surface area contributed by atoms with Gasteiger partial charge in [0.2, 0.25) is 5.91 Å². The molecule has 1 saturated carbocycles. The summed E-state index contributed by atoms with van der Waals surface area (Å²) in [6, 6.07) is 10.6. The topological polar surface area (TPSA) is 63.1 Å². The number of benzene rings is 1. The van der Waals surface area contributed by atoms with Gasteiger partial charge in [0.1, 0.15) is 0 Å². The van der Waals surface area contributed by atoms with Crippen molar-refractivity contribution < 1.29 is 4.79 Å². The van der Waals surface area contributed by atoms with Crippen LogP contribution in [0.1, 0.15) is 37.9 Å². The fourth-order valence-electron chi connectivity index (χ4n) is 3.28. The van der Waals surface area contributed by atoms with Gasteiger partial charge in [-0.05, 0) is 50.9 Å². The van der Waals surface area contributed by atoms with Crippen molar-refractivity contribution in [2.24, 2.45) is 0 Å². The van der Waals surface area contributed by atoms with Crippen LogP contribution in [0.25, 0.3) is 5.69 Å². The number of rotatable bonds is 7. The third kappa shape index (κ3) is 4.45. The van der Waals surface area contributed by atoms with Gasteiger partial charge in [-0.1, -0.05) is 36.4 Å². The van der Waals surface area contributed by atoms with Gasteiger partial charge < -0.3 is 5.32 Å². The van der Waals surface area contributed by atoms with Crippen molar-refractivity contribution in [3.8, 4) is 5.69 Å². The first kappa shape index (κ1) is 17.5. The fourth-order valence-corrected chi connectivity index (χ4v) is 4.06. The lowest BCUT2D eigenvalue weighted by Gasteiger charge is -2.26. The van der Waals surface area contributed by atoms with Crippen LogP contribution in [0.5, 0.6) is 0 Å². The van der Waals surface area contributed by atoms with Gasteiger partial charge in [-0.15, -0.1) is 10.2 Å². The number of hydrogen-bond acceptors (Lipinski definition) is 5. The summed E-state index contributed by atoms with van der Waals surface area (Å²) in [5.41, 5.74) is 1.05. The summed E-state index contributed by atoms with van der Waals surface area (Å²) >= 11 is 1.46. The van der Waals surface area contributed by atoms with E-state index in [0.717, 1.165) is 49.1 Å². The molecule has 2 aromatic rings. The maximum atomic E-state index is 12.0. The minimum atomic E-state index is 0.0812. The second-order valence-electron chi connectivity index (χ2n) is 7.04. The summed E-state index contributed by atoms with van der Waals surface area (Å²) < 4.78 is 2.10. The van der Waals surface area contributed by atoms with Crippen LogP contribution in [-0.4, -0.2) is 50.5 Å². The van der Waals surface area contributed by atoms with Crippen LogP contribution in [0.3, 0.4) is 0 Å². The Bertz CT molecular complexity index is 738. The highest BCUT2D eigenvalue weighted by molar-refractivity contribution is 7.99. The third-order valence-electron chi connectivity index (χ3n) is 4.80. The van der Waals surface area contributed by atoms with E-state index in [1.807, 2.05) is 18.2 Å². The molecule has 26 heavy (non-hydrogen) atoms. The molecule has 1 aliphatic heterocycles. The molecule has 1 amide bonds. The highest BCUT2D eigenvalue weighted by atomic mass is 32.2. The first-order valence-corrected chi connectivity index (χ1v) is 10.4. The van der Waals surface area contributed by atoms with Crippen molar-refractivity contribution in [2.75, 3.05) is 18.8 Å². The number of aromatic nitrogens is 3. The number of nitrogens with one attached hydrogen (secondary N) is 1. The van der Waals surface area contributed by atoms with E-state index in [-0.39, 0.29) is 5.91 Å². The molecule has 1 N–H and O–H groups in total. The van der Waals surface area contributed by atoms with Gasteiger partial charge in [-0.25, -0.2) is 0 Å². The maximum absolute atomic E-state index is 12.0. The zero-order valence-corrected chi connectivity index (χ0v) is 15.7. The van der Waals surface area contributed by atoms with Crippen LogP contribution in [0.15, 0.2) is 35.5 Å². The van der Waals surface area contributed by atoms with Gasteiger partial charge in [0.05, 0.1) is 12.3 Å². The number of amides is 1. The number of likely N-dealkylation sites (tertiary alicyclic amines) is 1. The lowest BCUT2D eigenvalue weighted by molar-refractivity contribution is -0.118. The molecule has 0 spiro atoms. The van der Waals surface area contributed by atoms with Crippen LogP contribution < -0.4 is 5.32 Å². The first-order chi connectivity index (χ1) is 12.8. The molecule has 4 rings (SSSR count). The maximum Gasteiger partial charge on any atom is 0.230 e. The predicted molar refractivity (Wildman–Crippen MR) is 102 cm³/mol. The van der Waals surface area contributed by atoms with Crippen LogP contribution in [0.2, 0.25) is 0 Å². The minimum Gasteiger partial charge on any atom is -0.353 e. The molecule has 7 heteroatoms. The van der Waals surface area contributed by atoms with Gasteiger partial charge >= 0.3 is 0 Å². The molecule has 0 radical (unpaired) electrons. The van der Waals surface area contributed by atoms with E-state index in [1.165, 1.54) is 31.0 Å². The fraction of sp³-hybridized carbons (Fsp3) is 0.526. The summed E-state index contributed by atoms with van der Waals surface area (Å²) in [5.74, 6) is 1.41. The quantitative estimate of drug-likeness (QED) is 0.758.